The van der Waals surface area contributed by atoms with Gasteiger partial charge in [-0.3, -0.25) is 9.88 Å². The first-order valence-corrected chi connectivity index (χ1v) is 6.40. The lowest BCUT2D eigenvalue weighted by Gasteiger charge is -2.45. The van der Waals surface area contributed by atoms with E-state index in [-0.39, 0.29) is 5.41 Å². The Morgan fingerprint density at radius 2 is 2.29 bits per heavy atom. The minimum Gasteiger partial charge on any atom is -0.327 e. The van der Waals surface area contributed by atoms with Crippen LogP contribution in [-0.2, 0) is 0 Å². The molecule has 0 amide bonds. The van der Waals surface area contributed by atoms with Crippen LogP contribution < -0.4 is 5.73 Å². The third-order valence-corrected chi connectivity index (χ3v) is 4.06. The van der Waals surface area contributed by atoms with Gasteiger partial charge in [0.25, 0.3) is 0 Å². The Hall–Kier alpha value is -0.930. The van der Waals surface area contributed by atoms with Crippen molar-refractivity contribution in [3.05, 3.63) is 30.1 Å². The maximum atomic E-state index is 6.17. The van der Waals surface area contributed by atoms with Crippen LogP contribution in [0.5, 0.6) is 0 Å². The average Bonchev–Trinajstić information content (AvgIpc) is 2.33. The summed E-state index contributed by atoms with van der Waals surface area (Å²) in [7, 11) is 0. The molecular formula is C14H23N3. The molecule has 2 unspecified atom stereocenters. The van der Waals surface area contributed by atoms with Crippen molar-refractivity contribution in [1.29, 1.82) is 0 Å². The normalized spacial score (nSPS) is 26.7. The highest BCUT2D eigenvalue weighted by molar-refractivity contribution is 5.13. The van der Waals surface area contributed by atoms with Gasteiger partial charge in [-0.05, 0) is 30.4 Å². The summed E-state index contributed by atoms with van der Waals surface area (Å²) in [6.07, 6.45) is 4.87. The highest BCUT2D eigenvalue weighted by Gasteiger charge is 2.35. The molecule has 0 aromatic carbocycles. The van der Waals surface area contributed by atoms with Gasteiger partial charge in [0.15, 0.2) is 0 Å². The molecule has 1 aliphatic heterocycles. The molecule has 3 heteroatoms. The molecule has 0 aliphatic carbocycles. The van der Waals surface area contributed by atoms with E-state index in [0.29, 0.717) is 12.1 Å². The molecule has 2 N–H and O–H groups in total. The van der Waals surface area contributed by atoms with E-state index in [9.17, 15) is 0 Å². The molecule has 1 fully saturated rings. The van der Waals surface area contributed by atoms with Crippen molar-refractivity contribution in [2.75, 3.05) is 13.1 Å². The van der Waals surface area contributed by atoms with Gasteiger partial charge in [-0.15, -0.1) is 0 Å². The standard InChI is InChI=1S/C14H23N3/c1-11(12-5-4-7-16-9-12)17-8-6-13(15)14(2,3)10-17/h4-5,7,9,11,13H,6,8,10,15H2,1-3H3. The highest BCUT2D eigenvalue weighted by atomic mass is 15.2. The second-order valence-corrected chi connectivity index (χ2v) is 5.82. The van der Waals surface area contributed by atoms with Crippen LogP contribution in [0.15, 0.2) is 24.5 Å². The SMILES string of the molecule is CC(c1cccnc1)N1CCC(N)C(C)(C)C1. The van der Waals surface area contributed by atoms with E-state index < -0.39 is 0 Å². The van der Waals surface area contributed by atoms with E-state index in [1.54, 1.807) is 0 Å². The molecular weight excluding hydrogens is 210 g/mol. The monoisotopic (exact) mass is 233 g/mol. The Bertz CT molecular complexity index is 361. The van der Waals surface area contributed by atoms with E-state index in [0.717, 1.165) is 19.5 Å². The third kappa shape index (κ3) is 2.67. The first kappa shape index (κ1) is 12.5. The number of hydrogen-bond acceptors (Lipinski definition) is 3. The molecule has 2 heterocycles. The summed E-state index contributed by atoms with van der Waals surface area (Å²) in [6, 6.07) is 4.90. The summed E-state index contributed by atoms with van der Waals surface area (Å²) in [6.45, 7) is 8.93. The number of hydrogen-bond donors (Lipinski definition) is 1. The van der Waals surface area contributed by atoms with E-state index in [4.69, 9.17) is 5.73 Å². The maximum Gasteiger partial charge on any atom is 0.0335 e. The van der Waals surface area contributed by atoms with Crippen molar-refractivity contribution >= 4 is 0 Å². The first-order chi connectivity index (χ1) is 8.00. The summed E-state index contributed by atoms with van der Waals surface area (Å²) in [5.41, 5.74) is 7.67. The molecule has 1 aromatic rings. The van der Waals surface area contributed by atoms with Gasteiger partial charge in [-0.2, -0.15) is 0 Å². The van der Waals surface area contributed by atoms with E-state index >= 15 is 0 Å². The van der Waals surface area contributed by atoms with Gasteiger partial charge in [0.05, 0.1) is 0 Å². The molecule has 17 heavy (non-hydrogen) atoms. The molecule has 94 valence electrons. The molecule has 0 spiro atoms. The molecule has 0 saturated carbocycles. The molecule has 1 aliphatic rings. The third-order valence-electron chi connectivity index (χ3n) is 4.06. The summed E-state index contributed by atoms with van der Waals surface area (Å²) in [5.74, 6) is 0. The van der Waals surface area contributed by atoms with Crippen LogP contribution in [-0.4, -0.2) is 29.0 Å². The van der Waals surface area contributed by atoms with E-state index in [1.165, 1.54) is 5.56 Å². The summed E-state index contributed by atoms with van der Waals surface area (Å²) >= 11 is 0. The van der Waals surface area contributed by atoms with E-state index in [2.05, 4.69) is 36.7 Å². The van der Waals surface area contributed by atoms with Crippen LogP contribution in [0.3, 0.4) is 0 Å². The van der Waals surface area contributed by atoms with E-state index in [1.807, 2.05) is 18.5 Å². The van der Waals surface area contributed by atoms with Crippen LogP contribution in [0.1, 0.15) is 38.8 Å². The zero-order valence-electron chi connectivity index (χ0n) is 11.1. The molecule has 2 atom stereocenters. The van der Waals surface area contributed by atoms with Crippen molar-refractivity contribution in [2.24, 2.45) is 11.1 Å². The number of likely N-dealkylation sites (tertiary alicyclic amines) is 1. The van der Waals surface area contributed by atoms with Gasteiger partial charge in [-0.25, -0.2) is 0 Å². The van der Waals surface area contributed by atoms with Crippen LogP contribution in [0, 0.1) is 5.41 Å². The number of nitrogens with zero attached hydrogens (tertiary/aromatic N) is 2. The van der Waals surface area contributed by atoms with Crippen molar-refractivity contribution in [2.45, 2.75) is 39.3 Å². The fraction of sp³-hybridized carbons (Fsp3) is 0.643. The zero-order chi connectivity index (χ0) is 12.5. The first-order valence-electron chi connectivity index (χ1n) is 6.40. The number of pyridine rings is 1. The van der Waals surface area contributed by atoms with Crippen molar-refractivity contribution in [3.63, 3.8) is 0 Å². The van der Waals surface area contributed by atoms with Crippen molar-refractivity contribution < 1.29 is 0 Å². The van der Waals surface area contributed by atoms with Crippen LogP contribution >= 0.6 is 0 Å². The molecule has 0 radical (unpaired) electrons. The molecule has 1 saturated heterocycles. The zero-order valence-corrected chi connectivity index (χ0v) is 11.1. The number of nitrogens with two attached hydrogens (primary N) is 1. The minimum absolute atomic E-state index is 0.203. The number of piperidine rings is 1. The number of aromatic nitrogens is 1. The maximum absolute atomic E-state index is 6.17. The van der Waals surface area contributed by atoms with Gasteiger partial charge in [0.2, 0.25) is 0 Å². The lowest BCUT2D eigenvalue weighted by molar-refractivity contribution is 0.0663. The summed E-state index contributed by atoms with van der Waals surface area (Å²) in [4.78, 5) is 6.71. The topological polar surface area (TPSA) is 42.2 Å². The quantitative estimate of drug-likeness (QED) is 0.851. The van der Waals surface area contributed by atoms with Gasteiger partial charge in [0.1, 0.15) is 0 Å². The minimum atomic E-state index is 0.203. The molecule has 0 bridgehead atoms. The second kappa shape index (κ2) is 4.75. The van der Waals surface area contributed by atoms with Gasteiger partial charge in [-0.1, -0.05) is 19.9 Å². The second-order valence-electron chi connectivity index (χ2n) is 5.82. The Morgan fingerprint density at radius 3 is 2.88 bits per heavy atom. The van der Waals surface area contributed by atoms with Gasteiger partial charge >= 0.3 is 0 Å². The van der Waals surface area contributed by atoms with Crippen molar-refractivity contribution in [1.82, 2.24) is 9.88 Å². The predicted octanol–water partition coefficient (Wildman–Crippen LogP) is 2.20. The fourth-order valence-electron chi connectivity index (χ4n) is 2.58. The van der Waals surface area contributed by atoms with Crippen LogP contribution in [0.2, 0.25) is 0 Å². The Morgan fingerprint density at radius 1 is 1.53 bits per heavy atom. The van der Waals surface area contributed by atoms with Gasteiger partial charge < -0.3 is 5.73 Å². The lowest BCUT2D eigenvalue weighted by Crippen LogP contribution is -2.52. The molecule has 3 nitrogen and oxygen atoms in total. The Kier molecular flexibility index (Phi) is 3.50. The Balaban J connectivity index is 2.09. The van der Waals surface area contributed by atoms with Crippen molar-refractivity contribution in [3.8, 4) is 0 Å². The molecule has 1 aromatic heterocycles. The predicted molar refractivity (Wildman–Crippen MR) is 70.6 cm³/mol. The van der Waals surface area contributed by atoms with Crippen LogP contribution in [0.25, 0.3) is 0 Å². The Labute approximate surface area is 104 Å². The largest absolute Gasteiger partial charge is 0.327 e. The summed E-state index contributed by atoms with van der Waals surface area (Å²) in [5, 5.41) is 0. The number of rotatable bonds is 2. The van der Waals surface area contributed by atoms with Crippen LogP contribution in [0.4, 0.5) is 0 Å². The smallest absolute Gasteiger partial charge is 0.0335 e. The fourth-order valence-corrected chi connectivity index (χ4v) is 2.58. The average molecular weight is 233 g/mol. The van der Waals surface area contributed by atoms with Gasteiger partial charge in [0, 0.05) is 37.6 Å². The highest BCUT2D eigenvalue weighted by Crippen LogP contribution is 2.32. The summed E-state index contributed by atoms with van der Waals surface area (Å²) < 4.78 is 0. The lowest BCUT2D eigenvalue weighted by atomic mass is 9.79. The molecule has 2 rings (SSSR count).